The van der Waals surface area contributed by atoms with Crippen LogP contribution in [0.1, 0.15) is 12.0 Å². The normalized spacial score (nSPS) is 10.1. The predicted molar refractivity (Wildman–Crippen MR) is 57.4 cm³/mol. The predicted octanol–water partition coefficient (Wildman–Crippen LogP) is 1.71. The zero-order chi connectivity index (χ0) is 8.97. The third kappa shape index (κ3) is 2.34. The number of anilines is 2. The molecule has 0 radical (unpaired) electrons. The fourth-order valence-electron chi connectivity index (χ4n) is 1.11. The van der Waals surface area contributed by atoms with Gasteiger partial charge in [-0.05, 0) is 36.3 Å². The summed E-state index contributed by atoms with van der Waals surface area (Å²) in [4.78, 5) is 0. The first-order chi connectivity index (χ1) is 5.74. The number of hydrogen-bond acceptors (Lipinski definition) is 3. The second-order valence-electron chi connectivity index (χ2n) is 2.79. The van der Waals surface area contributed by atoms with Crippen LogP contribution in [0.15, 0.2) is 18.2 Å². The zero-order valence-corrected chi connectivity index (χ0v) is 7.85. The molecule has 4 N–H and O–H groups in total. The number of hydrogen-bond donors (Lipinski definition) is 3. The minimum atomic E-state index is 0.724. The lowest BCUT2D eigenvalue weighted by Gasteiger charge is -2.04. The van der Waals surface area contributed by atoms with E-state index in [0.29, 0.717) is 0 Å². The van der Waals surface area contributed by atoms with E-state index in [0.717, 1.165) is 30.0 Å². The molecule has 0 bridgehead atoms. The Balaban J connectivity index is 2.72. The Bertz CT molecular complexity index is 261. The van der Waals surface area contributed by atoms with Crippen molar-refractivity contribution >= 4 is 24.0 Å². The highest BCUT2D eigenvalue weighted by Crippen LogP contribution is 2.17. The van der Waals surface area contributed by atoms with Crippen molar-refractivity contribution in [2.75, 3.05) is 17.2 Å². The van der Waals surface area contributed by atoms with Crippen LogP contribution in [-0.4, -0.2) is 5.75 Å². The second-order valence-corrected chi connectivity index (χ2v) is 3.23. The summed E-state index contributed by atoms with van der Waals surface area (Å²) in [6, 6.07) is 5.66. The Morgan fingerprint density at radius 2 is 2.00 bits per heavy atom. The maximum atomic E-state index is 5.76. The van der Waals surface area contributed by atoms with Crippen molar-refractivity contribution in [3.63, 3.8) is 0 Å². The molecular formula is C9H14N2S. The van der Waals surface area contributed by atoms with Gasteiger partial charge in [-0.1, -0.05) is 6.07 Å². The SMILES string of the molecule is Nc1ccc(CCCS)c(N)c1. The van der Waals surface area contributed by atoms with E-state index in [-0.39, 0.29) is 0 Å². The number of thiol groups is 1. The van der Waals surface area contributed by atoms with E-state index in [1.807, 2.05) is 12.1 Å². The van der Waals surface area contributed by atoms with Crippen molar-refractivity contribution in [1.29, 1.82) is 0 Å². The van der Waals surface area contributed by atoms with Crippen LogP contribution in [0.4, 0.5) is 11.4 Å². The molecular weight excluding hydrogens is 168 g/mol. The average Bonchev–Trinajstić information content (AvgIpc) is 2.03. The zero-order valence-electron chi connectivity index (χ0n) is 6.96. The van der Waals surface area contributed by atoms with Gasteiger partial charge in [-0.25, -0.2) is 0 Å². The van der Waals surface area contributed by atoms with Gasteiger partial charge in [0, 0.05) is 11.4 Å². The van der Waals surface area contributed by atoms with Crippen molar-refractivity contribution in [3.8, 4) is 0 Å². The van der Waals surface area contributed by atoms with Crippen LogP contribution in [0.25, 0.3) is 0 Å². The maximum Gasteiger partial charge on any atom is 0.0367 e. The summed E-state index contributed by atoms with van der Waals surface area (Å²) in [6.45, 7) is 0. The molecule has 0 amide bonds. The molecule has 0 heterocycles. The van der Waals surface area contributed by atoms with E-state index < -0.39 is 0 Å². The van der Waals surface area contributed by atoms with Crippen LogP contribution in [0, 0.1) is 0 Å². The van der Waals surface area contributed by atoms with Gasteiger partial charge in [-0.15, -0.1) is 0 Å². The number of benzene rings is 1. The van der Waals surface area contributed by atoms with Crippen molar-refractivity contribution in [2.24, 2.45) is 0 Å². The first kappa shape index (κ1) is 9.26. The Morgan fingerprint density at radius 3 is 2.58 bits per heavy atom. The minimum absolute atomic E-state index is 0.724. The summed E-state index contributed by atoms with van der Waals surface area (Å²) in [7, 11) is 0. The van der Waals surface area contributed by atoms with Crippen LogP contribution in [0.5, 0.6) is 0 Å². The molecule has 1 aromatic rings. The Hall–Kier alpha value is -0.830. The fourth-order valence-corrected chi connectivity index (χ4v) is 1.27. The molecule has 1 rings (SSSR count). The van der Waals surface area contributed by atoms with Crippen LogP contribution in [0.2, 0.25) is 0 Å². The smallest absolute Gasteiger partial charge is 0.0367 e. The lowest BCUT2D eigenvalue weighted by molar-refractivity contribution is 0.939. The van der Waals surface area contributed by atoms with Gasteiger partial charge in [0.25, 0.3) is 0 Å². The summed E-state index contributed by atoms with van der Waals surface area (Å²) in [5, 5.41) is 0. The standard InChI is InChI=1S/C9H14N2S/c10-8-4-3-7(2-1-5-12)9(11)6-8/h3-4,6,12H,1-2,5,10-11H2. The molecule has 0 aliphatic rings. The van der Waals surface area contributed by atoms with Crippen molar-refractivity contribution in [2.45, 2.75) is 12.8 Å². The molecule has 0 atom stereocenters. The molecule has 66 valence electrons. The van der Waals surface area contributed by atoms with E-state index >= 15 is 0 Å². The molecule has 1 aromatic carbocycles. The first-order valence-corrected chi connectivity index (χ1v) is 4.62. The summed E-state index contributed by atoms with van der Waals surface area (Å²) >= 11 is 4.14. The number of aryl methyl sites for hydroxylation is 1. The molecule has 0 spiro atoms. The highest BCUT2D eigenvalue weighted by atomic mass is 32.1. The van der Waals surface area contributed by atoms with Gasteiger partial charge in [-0.2, -0.15) is 12.6 Å². The number of rotatable bonds is 3. The van der Waals surface area contributed by atoms with E-state index in [1.165, 1.54) is 5.56 Å². The average molecular weight is 182 g/mol. The molecule has 0 aliphatic heterocycles. The second kappa shape index (κ2) is 4.26. The Morgan fingerprint density at radius 1 is 1.25 bits per heavy atom. The van der Waals surface area contributed by atoms with Crippen LogP contribution in [-0.2, 0) is 6.42 Å². The minimum Gasteiger partial charge on any atom is -0.399 e. The van der Waals surface area contributed by atoms with E-state index in [9.17, 15) is 0 Å². The van der Waals surface area contributed by atoms with Gasteiger partial charge >= 0.3 is 0 Å². The monoisotopic (exact) mass is 182 g/mol. The largest absolute Gasteiger partial charge is 0.399 e. The Labute approximate surface area is 78.4 Å². The fraction of sp³-hybridized carbons (Fsp3) is 0.333. The van der Waals surface area contributed by atoms with E-state index in [2.05, 4.69) is 12.6 Å². The van der Waals surface area contributed by atoms with Crippen LogP contribution >= 0.6 is 12.6 Å². The number of nitrogen functional groups attached to an aromatic ring is 2. The summed E-state index contributed by atoms with van der Waals surface area (Å²) < 4.78 is 0. The van der Waals surface area contributed by atoms with Crippen molar-refractivity contribution < 1.29 is 0 Å². The van der Waals surface area contributed by atoms with Gasteiger partial charge in [0.05, 0.1) is 0 Å². The topological polar surface area (TPSA) is 52.0 Å². The van der Waals surface area contributed by atoms with Gasteiger partial charge < -0.3 is 11.5 Å². The van der Waals surface area contributed by atoms with Gasteiger partial charge in [-0.3, -0.25) is 0 Å². The number of nitrogens with two attached hydrogens (primary N) is 2. The maximum absolute atomic E-state index is 5.76. The van der Waals surface area contributed by atoms with Gasteiger partial charge in [0.2, 0.25) is 0 Å². The summed E-state index contributed by atoms with van der Waals surface area (Å²) in [5.74, 6) is 0.893. The summed E-state index contributed by atoms with van der Waals surface area (Å²) in [6.07, 6.45) is 2.03. The molecule has 12 heavy (non-hydrogen) atoms. The van der Waals surface area contributed by atoms with E-state index in [4.69, 9.17) is 11.5 Å². The van der Waals surface area contributed by atoms with E-state index in [1.54, 1.807) is 6.07 Å². The lowest BCUT2D eigenvalue weighted by atomic mass is 10.1. The lowest BCUT2D eigenvalue weighted by Crippen LogP contribution is -1.96. The van der Waals surface area contributed by atoms with Crippen molar-refractivity contribution in [1.82, 2.24) is 0 Å². The molecule has 0 aliphatic carbocycles. The third-order valence-electron chi connectivity index (χ3n) is 1.77. The molecule has 2 nitrogen and oxygen atoms in total. The quantitative estimate of drug-likeness (QED) is 0.492. The first-order valence-electron chi connectivity index (χ1n) is 3.99. The molecule has 0 saturated heterocycles. The highest BCUT2D eigenvalue weighted by molar-refractivity contribution is 7.80. The molecule has 0 fully saturated rings. The van der Waals surface area contributed by atoms with Gasteiger partial charge in [0.1, 0.15) is 0 Å². The van der Waals surface area contributed by atoms with Crippen molar-refractivity contribution in [3.05, 3.63) is 23.8 Å². The Kier molecular flexibility index (Phi) is 3.29. The summed E-state index contributed by atoms with van der Waals surface area (Å²) in [5.41, 5.74) is 14.0. The molecule has 0 aromatic heterocycles. The molecule has 0 saturated carbocycles. The van der Waals surface area contributed by atoms with Crippen LogP contribution in [0.3, 0.4) is 0 Å². The molecule has 3 heteroatoms. The van der Waals surface area contributed by atoms with Crippen LogP contribution < -0.4 is 11.5 Å². The van der Waals surface area contributed by atoms with Gasteiger partial charge in [0.15, 0.2) is 0 Å². The molecule has 0 unspecified atom stereocenters. The third-order valence-corrected chi connectivity index (χ3v) is 2.09. The highest BCUT2D eigenvalue weighted by Gasteiger charge is 1.97.